The summed E-state index contributed by atoms with van der Waals surface area (Å²) in [5, 5.41) is 4.47. The predicted molar refractivity (Wildman–Crippen MR) is 65.2 cm³/mol. The van der Waals surface area contributed by atoms with Crippen molar-refractivity contribution in [3.63, 3.8) is 0 Å². The third kappa shape index (κ3) is 1.74. The van der Waals surface area contributed by atoms with Gasteiger partial charge >= 0.3 is 0 Å². The minimum atomic E-state index is 0.167. The van der Waals surface area contributed by atoms with Crippen LogP contribution in [-0.2, 0) is 6.42 Å². The highest BCUT2D eigenvalue weighted by molar-refractivity contribution is 6.32. The molecule has 1 unspecified atom stereocenters. The standard InChI is InChI=1S/C12H11ClN2O2/c1-6-2-8-3-7(4-9(13)12(8)16-6)10-5-11(14)17-15-10/h3-6H,2,14H2,1H3. The molecule has 5 heteroatoms. The van der Waals surface area contributed by atoms with Gasteiger partial charge < -0.3 is 15.0 Å². The highest BCUT2D eigenvalue weighted by Gasteiger charge is 2.23. The molecule has 2 aromatic rings. The average molecular weight is 251 g/mol. The molecule has 0 saturated heterocycles. The third-order valence-electron chi connectivity index (χ3n) is 2.77. The molecule has 0 spiro atoms. The lowest BCUT2D eigenvalue weighted by Gasteiger charge is -2.05. The van der Waals surface area contributed by atoms with E-state index in [0.717, 1.165) is 23.3 Å². The Morgan fingerprint density at radius 1 is 1.41 bits per heavy atom. The Morgan fingerprint density at radius 3 is 2.94 bits per heavy atom. The summed E-state index contributed by atoms with van der Waals surface area (Å²) in [6.07, 6.45) is 1.02. The zero-order valence-electron chi connectivity index (χ0n) is 9.24. The van der Waals surface area contributed by atoms with Crippen LogP contribution in [0.3, 0.4) is 0 Å². The second kappa shape index (κ2) is 3.67. The predicted octanol–water partition coefficient (Wildman–Crippen LogP) is 2.90. The number of nitrogens with zero attached hydrogens (tertiary/aromatic N) is 1. The molecular formula is C12H11ClN2O2. The fraction of sp³-hybridized carbons (Fsp3) is 0.250. The number of benzene rings is 1. The first-order valence-electron chi connectivity index (χ1n) is 5.35. The number of rotatable bonds is 1. The van der Waals surface area contributed by atoms with Crippen LogP contribution in [0.1, 0.15) is 12.5 Å². The summed E-state index contributed by atoms with van der Waals surface area (Å²) >= 11 is 6.18. The van der Waals surface area contributed by atoms with E-state index in [0.29, 0.717) is 16.6 Å². The van der Waals surface area contributed by atoms with Gasteiger partial charge in [0, 0.05) is 23.6 Å². The lowest BCUT2D eigenvalue weighted by molar-refractivity contribution is 0.255. The van der Waals surface area contributed by atoms with Gasteiger partial charge in [0.1, 0.15) is 17.5 Å². The van der Waals surface area contributed by atoms with Gasteiger partial charge in [-0.3, -0.25) is 0 Å². The number of fused-ring (bicyclic) bond motifs is 1. The Labute approximate surface area is 103 Å². The first-order valence-corrected chi connectivity index (χ1v) is 5.73. The Balaban J connectivity index is 2.09. The van der Waals surface area contributed by atoms with Crippen LogP contribution in [0.15, 0.2) is 22.7 Å². The van der Waals surface area contributed by atoms with Crippen molar-refractivity contribution < 1.29 is 9.26 Å². The molecular weight excluding hydrogens is 240 g/mol. The van der Waals surface area contributed by atoms with E-state index in [1.165, 1.54) is 0 Å². The van der Waals surface area contributed by atoms with Gasteiger partial charge in [0.2, 0.25) is 5.88 Å². The molecule has 1 aromatic heterocycles. The van der Waals surface area contributed by atoms with E-state index >= 15 is 0 Å². The van der Waals surface area contributed by atoms with E-state index in [9.17, 15) is 0 Å². The van der Waals surface area contributed by atoms with Crippen LogP contribution in [0.4, 0.5) is 5.88 Å². The van der Waals surface area contributed by atoms with Crippen LogP contribution in [0, 0.1) is 0 Å². The number of aromatic nitrogens is 1. The number of nitrogen functional groups attached to an aromatic ring is 1. The van der Waals surface area contributed by atoms with E-state index in [-0.39, 0.29) is 6.10 Å². The maximum absolute atomic E-state index is 6.18. The maximum atomic E-state index is 6.18. The SMILES string of the molecule is CC1Cc2cc(-c3cc(N)on3)cc(Cl)c2O1. The lowest BCUT2D eigenvalue weighted by atomic mass is 10.0. The van der Waals surface area contributed by atoms with Crippen molar-refractivity contribution in [3.05, 3.63) is 28.8 Å². The molecule has 3 rings (SSSR count). The van der Waals surface area contributed by atoms with Gasteiger partial charge in [-0.1, -0.05) is 16.8 Å². The molecule has 88 valence electrons. The quantitative estimate of drug-likeness (QED) is 0.845. The number of nitrogens with two attached hydrogens (primary N) is 1. The minimum Gasteiger partial charge on any atom is -0.489 e. The summed E-state index contributed by atoms with van der Waals surface area (Å²) in [5.74, 6) is 1.07. The van der Waals surface area contributed by atoms with Crippen LogP contribution in [0.2, 0.25) is 5.02 Å². The fourth-order valence-corrected chi connectivity index (χ4v) is 2.34. The molecule has 17 heavy (non-hydrogen) atoms. The normalized spacial score (nSPS) is 17.9. The van der Waals surface area contributed by atoms with Gasteiger partial charge in [0.15, 0.2) is 0 Å². The van der Waals surface area contributed by atoms with Crippen molar-refractivity contribution in [1.82, 2.24) is 5.16 Å². The van der Waals surface area contributed by atoms with Crippen LogP contribution in [0.25, 0.3) is 11.3 Å². The summed E-state index contributed by atoms with van der Waals surface area (Å²) in [7, 11) is 0. The molecule has 2 N–H and O–H groups in total. The molecule has 0 fully saturated rings. The molecule has 0 amide bonds. The van der Waals surface area contributed by atoms with E-state index in [1.54, 1.807) is 6.07 Å². The Morgan fingerprint density at radius 2 is 2.24 bits per heavy atom. The molecule has 0 radical (unpaired) electrons. The van der Waals surface area contributed by atoms with Gasteiger partial charge in [-0.15, -0.1) is 0 Å². The van der Waals surface area contributed by atoms with Crippen LogP contribution in [0.5, 0.6) is 5.75 Å². The Kier molecular flexibility index (Phi) is 2.26. The van der Waals surface area contributed by atoms with Crippen molar-refractivity contribution >= 4 is 17.5 Å². The fourth-order valence-electron chi connectivity index (χ4n) is 2.06. The van der Waals surface area contributed by atoms with Gasteiger partial charge in [-0.25, -0.2) is 0 Å². The lowest BCUT2D eigenvalue weighted by Crippen LogP contribution is -2.05. The second-order valence-electron chi connectivity index (χ2n) is 4.19. The second-order valence-corrected chi connectivity index (χ2v) is 4.60. The first kappa shape index (κ1) is 10.5. The largest absolute Gasteiger partial charge is 0.489 e. The number of hydrogen-bond donors (Lipinski definition) is 1. The molecule has 1 aliphatic heterocycles. The Bertz CT molecular complexity index is 580. The third-order valence-corrected chi connectivity index (χ3v) is 3.05. The van der Waals surface area contributed by atoms with Crippen molar-refractivity contribution in [2.45, 2.75) is 19.4 Å². The molecule has 1 aromatic carbocycles. The highest BCUT2D eigenvalue weighted by Crippen LogP contribution is 2.39. The summed E-state index contributed by atoms with van der Waals surface area (Å²) in [5.41, 5.74) is 8.18. The number of halogens is 1. The van der Waals surface area contributed by atoms with Crippen LogP contribution >= 0.6 is 11.6 Å². The maximum Gasteiger partial charge on any atom is 0.222 e. The highest BCUT2D eigenvalue weighted by atomic mass is 35.5. The van der Waals surface area contributed by atoms with Crippen LogP contribution < -0.4 is 10.5 Å². The number of ether oxygens (including phenoxy) is 1. The topological polar surface area (TPSA) is 61.3 Å². The smallest absolute Gasteiger partial charge is 0.222 e. The van der Waals surface area contributed by atoms with Gasteiger partial charge in [-0.2, -0.15) is 0 Å². The van der Waals surface area contributed by atoms with Gasteiger partial charge in [0.05, 0.1) is 5.02 Å². The molecule has 0 bridgehead atoms. The van der Waals surface area contributed by atoms with Crippen LogP contribution in [-0.4, -0.2) is 11.3 Å². The average Bonchev–Trinajstić information content (AvgIpc) is 2.83. The Hall–Kier alpha value is -1.68. The molecule has 4 nitrogen and oxygen atoms in total. The molecule has 1 atom stereocenters. The van der Waals surface area contributed by atoms with E-state index < -0.39 is 0 Å². The van der Waals surface area contributed by atoms with E-state index in [4.69, 9.17) is 26.6 Å². The molecule has 2 heterocycles. The number of anilines is 1. The zero-order chi connectivity index (χ0) is 12.0. The summed E-state index contributed by atoms with van der Waals surface area (Å²) < 4.78 is 10.5. The molecule has 0 saturated carbocycles. The molecule has 1 aliphatic rings. The monoisotopic (exact) mass is 250 g/mol. The van der Waals surface area contributed by atoms with Gasteiger partial charge in [0.25, 0.3) is 0 Å². The van der Waals surface area contributed by atoms with E-state index in [2.05, 4.69) is 5.16 Å². The summed E-state index contributed by atoms with van der Waals surface area (Å²) in [4.78, 5) is 0. The molecule has 0 aliphatic carbocycles. The van der Waals surface area contributed by atoms with Crippen molar-refractivity contribution in [2.24, 2.45) is 0 Å². The van der Waals surface area contributed by atoms with Crippen molar-refractivity contribution in [1.29, 1.82) is 0 Å². The van der Waals surface area contributed by atoms with Crippen molar-refractivity contribution in [3.8, 4) is 17.0 Å². The summed E-state index contributed by atoms with van der Waals surface area (Å²) in [6, 6.07) is 5.51. The van der Waals surface area contributed by atoms with E-state index in [1.807, 2.05) is 19.1 Å². The first-order chi connectivity index (χ1) is 8.13. The van der Waals surface area contributed by atoms with Crippen molar-refractivity contribution in [2.75, 3.05) is 5.73 Å². The summed E-state index contributed by atoms with van der Waals surface area (Å²) in [6.45, 7) is 2.02. The zero-order valence-corrected chi connectivity index (χ0v) is 9.99. The van der Waals surface area contributed by atoms with Gasteiger partial charge in [-0.05, 0) is 19.1 Å². The number of hydrogen-bond acceptors (Lipinski definition) is 4. The minimum absolute atomic E-state index is 0.167.